The molecule has 1 saturated carbocycles. The zero-order valence-electron chi connectivity index (χ0n) is 12.7. The highest BCUT2D eigenvalue weighted by Gasteiger charge is 2.42. The molecule has 0 amide bonds. The van der Waals surface area contributed by atoms with Crippen LogP contribution in [-0.2, 0) is 9.84 Å². The van der Waals surface area contributed by atoms with Gasteiger partial charge in [0.15, 0.2) is 9.84 Å². The van der Waals surface area contributed by atoms with Gasteiger partial charge in [-0.05, 0) is 54.9 Å². The van der Waals surface area contributed by atoms with Crippen molar-refractivity contribution in [2.24, 2.45) is 11.3 Å². The number of halogens is 1. The van der Waals surface area contributed by atoms with E-state index in [-0.39, 0.29) is 16.2 Å². The second kappa shape index (κ2) is 5.69. The molecule has 0 aromatic heterocycles. The summed E-state index contributed by atoms with van der Waals surface area (Å²) in [5.74, 6) is -0.216. The van der Waals surface area contributed by atoms with Gasteiger partial charge in [-0.25, -0.2) is 12.8 Å². The highest BCUT2D eigenvalue weighted by Crippen LogP contribution is 2.41. The van der Waals surface area contributed by atoms with Crippen molar-refractivity contribution in [1.82, 2.24) is 0 Å². The van der Waals surface area contributed by atoms with Crippen LogP contribution in [0.25, 0.3) is 0 Å². The molecule has 3 atom stereocenters. The van der Waals surface area contributed by atoms with E-state index in [1.165, 1.54) is 12.1 Å². The molecular weight excluding hydrogens is 291 g/mol. The standard InChI is InChI=1S/C16H23FO3S/c1-16(2,3)11-4-9-14(18)15(10-11)21(19,20)13-7-5-12(17)6-8-13/h5-8,11,14-15,18H,4,9-10H2,1-3H3. The minimum Gasteiger partial charge on any atom is -0.392 e. The Morgan fingerprint density at radius 3 is 2.24 bits per heavy atom. The van der Waals surface area contributed by atoms with Crippen LogP contribution in [0.4, 0.5) is 4.39 Å². The first-order chi connectivity index (χ1) is 9.62. The lowest BCUT2D eigenvalue weighted by molar-refractivity contribution is 0.0757. The van der Waals surface area contributed by atoms with Crippen LogP contribution >= 0.6 is 0 Å². The van der Waals surface area contributed by atoms with Gasteiger partial charge >= 0.3 is 0 Å². The second-order valence-corrected chi connectivity index (χ2v) is 9.15. The summed E-state index contributed by atoms with van der Waals surface area (Å²) in [6.45, 7) is 6.28. The third-order valence-corrected chi connectivity index (χ3v) is 6.76. The Hall–Kier alpha value is -0.940. The minimum atomic E-state index is -3.64. The van der Waals surface area contributed by atoms with Gasteiger partial charge in [0.05, 0.1) is 16.2 Å². The summed E-state index contributed by atoms with van der Waals surface area (Å²) in [6.07, 6.45) is 0.927. The van der Waals surface area contributed by atoms with Gasteiger partial charge in [0.25, 0.3) is 0 Å². The summed E-state index contributed by atoms with van der Waals surface area (Å²) in [5.41, 5.74) is 0.0106. The molecule has 0 spiro atoms. The van der Waals surface area contributed by atoms with Gasteiger partial charge in [0.1, 0.15) is 5.82 Å². The predicted octanol–water partition coefficient (Wildman–Crippen LogP) is 3.18. The predicted molar refractivity (Wildman–Crippen MR) is 80.2 cm³/mol. The van der Waals surface area contributed by atoms with Crippen LogP contribution in [0.15, 0.2) is 29.2 Å². The smallest absolute Gasteiger partial charge is 0.183 e. The van der Waals surface area contributed by atoms with Gasteiger partial charge in [-0.15, -0.1) is 0 Å². The highest BCUT2D eigenvalue weighted by atomic mass is 32.2. The van der Waals surface area contributed by atoms with Crippen LogP contribution < -0.4 is 0 Å². The van der Waals surface area contributed by atoms with Gasteiger partial charge in [-0.2, -0.15) is 0 Å². The Balaban J connectivity index is 2.31. The maximum atomic E-state index is 13.0. The molecule has 1 N–H and O–H groups in total. The summed E-state index contributed by atoms with van der Waals surface area (Å²) in [7, 11) is -3.64. The summed E-state index contributed by atoms with van der Waals surface area (Å²) >= 11 is 0. The van der Waals surface area contributed by atoms with E-state index in [2.05, 4.69) is 20.8 Å². The van der Waals surface area contributed by atoms with Crippen LogP contribution in [0.3, 0.4) is 0 Å². The molecule has 1 aromatic carbocycles. The first kappa shape index (κ1) is 16.4. The van der Waals surface area contributed by atoms with Gasteiger partial charge in [-0.1, -0.05) is 20.8 Å². The number of aliphatic hydroxyl groups excluding tert-OH is 1. The van der Waals surface area contributed by atoms with Gasteiger partial charge in [-0.3, -0.25) is 0 Å². The monoisotopic (exact) mass is 314 g/mol. The summed E-state index contributed by atoms with van der Waals surface area (Å²) in [4.78, 5) is 0.0857. The summed E-state index contributed by atoms with van der Waals surface area (Å²) < 4.78 is 38.4. The van der Waals surface area contributed by atoms with Crippen LogP contribution in [-0.4, -0.2) is 24.9 Å². The lowest BCUT2D eigenvalue weighted by atomic mass is 9.71. The van der Waals surface area contributed by atoms with Crippen LogP contribution in [0.2, 0.25) is 0 Å². The largest absolute Gasteiger partial charge is 0.392 e. The highest BCUT2D eigenvalue weighted by molar-refractivity contribution is 7.92. The first-order valence-electron chi connectivity index (χ1n) is 7.30. The van der Waals surface area contributed by atoms with E-state index in [4.69, 9.17) is 0 Å². The lowest BCUT2D eigenvalue weighted by Crippen LogP contribution is -2.42. The molecule has 3 nitrogen and oxygen atoms in total. The zero-order valence-corrected chi connectivity index (χ0v) is 13.5. The fourth-order valence-corrected chi connectivity index (χ4v) is 4.93. The average Bonchev–Trinajstić information content (AvgIpc) is 2.38. The molecule has 0 heterocycles. The number of hydrogen-bond donors (Lipinski definition) is 1. The maximum absolute atomic E-state index is 13.0. The summed E-state index contributed by atoms with van der Waals surface area (Å²) in [5, 5.41) is 9.35. The molecule has 0 bridgehead atoms. The summed E-state index contributed by atoms with van der Waals surface area (Å²) in [6, 6.07) is 4.84. The molecule has 1 aromatic rings. The van der Waals surface area contributed by atoms with E-state index in [1.807, 2.05) is 0 Å². The van der Waals surface area contributed by atoms with Crippen molar-refractivity contribution < 1.29 is 17.9 Å². The van der Waals surface area contributed by atoms with Crippen molar-refractivity contribution in [2.45, 2.75) is 56.3 Å². The van der Waals surface area contributed by atoms with Gasteiger partial charge < -0.3 is 5.11 Å². The van der Waals surface area contributed by atoms with Crippen LogP contribution in [0, 0.1) is 17.2 Å². The Morgan fingerprint density at radius 2 is 1.71 bits per heavy atom. The number of sulfone groups is 1. The van der Waals surface area contributed by atoms with E-state index in [0.717, 1.165) is 18.6 Å². The topological polar surface area (TPSA) is 54.4 Å². The molecule has 0 radical (unpaired) electrons. The number of benzene rings is 1. The normalized spacial score (nSPS) is 27.6. The molecule has 0 aliphatic heterocycles. The second-order valence-electron chi connectivity index (χ2n) is 6.98. The maximum Gasteiger partial charge on any atom is 0.183 e. The molecule has 1 fully saturated rings. The van der Waals surface area contributed by atoms with Crippen molar-refractivity contribution >= 4 is 9.84 Å². The number of hydrogen-bond acceptors (Lipinski definition) is 3. The Labute approximate surface area is 126 Å². The van der Waals surface area contributed by atoms with Crippen LogP contribution in [0.5, 0.6) is 0 Å². The average molecular weight is 314 g/mol. The number of aliphatic hydroxyl groups is 1. The van der Waals surface area contributed by atoms with E-state index in [1.54, 1.807) is 0 Å². The van der Waals surface area contributed by atoms with Crippen molar-refractivity contribution in [1.29, 1.82) is 0 Å². The van der Waals surface area contributed by atoms with Crippen molar-refractivity contribution in [3.63, 3.8) is 0 Å². The van der Waals surface area contributed by atoms with Crippen LogP contribution in [0.1, 0.15) is 40.0 Å². The molecule has 1 aliphatic rings. The van der Waals surface area contributed by atoms with Crippen molar-refractivity contribution in [2.75, 3.05) is 0 Å². The first-order valence-corrected chi connectivity index (χ1v) is 8.84. The molecule has 21 heavy (non-hydrogen) atoms. The van der Waals surface area contributed by atoms with Crippen molar-refractivity contribution in [3.8, 4) is 0 Å². The van der Waals surface area contributed by atoms with E-state index >= 15 is 0 Å². The molecule has 3 unspecified atom stereocenters. The molecule has 5 heteroatoms. The lowest BCUT2D eigenvalue weighted by Gasteiger charge is -2.39. The van der Waals surface area contributed by atoms with E-state index in [9.17, 15) is 17.9 Å². The number of rotatable bonds is 2. The molecule has 2 rings (SSSR count). The molecule has 118 valence electrons. The zero-order chi connectivity index (χ0) is 15.8. The molecule has 1 aliphatic carbocycles. The SMILES string of the molecule is CC(C)(C)C1CCC(O)C(S(=O)(=O)c2ccc(F)cc2)C1. The third kappa shape index (κ3) is 3.46. The quantitative estimate of drug-likeness (QED) is 0.853. The van der Waals surface area contributed by atoms with E-state index in [0.29, 0.717) is 12.8 Å². The Morgan fingerprint density at radius 1 is 1.14 bits per heavy atom. The van der Waals surface area contributed by atoms with Gasteiger partial charge in [0.2, 0.25) is 0 Å². The Bertz CT molecular complexity index is 587. The Kier molecular flexibility index (Phi) is 4.45. The van der Waals surface area contributed by atoms with E-state index < -0.39 is 27.0 Å². The minimum absolute atomic E-state index is 0.0106. The fourth-order valence-electron chi connectivity index (χ4n) is 3.03. The van der Waals surface area contributed by atoms with Gasteiger partial charge in [0, 0.05) is 0 Å². The molecular formula is C16H23FO3S. The third-order valence-electron chi connectivity index (χ3n) is 4.52. The van der Waals surface area contributed by atoms with Crippen molar-refractivity contribution in [3.05, 3.63) is 30.1 Å². The molecule has 0 saturated heterocycles. The fraction of sp³-hybridized carbons (Fsp3) is 0.625.